The maximum absolute atomic E-state index is 12.8. The van der Waals surface area contributed by atoms with Crippen LogP contribution in [0.2, 0.25) is 0 Å². The molecule has 2 saturated carbocycles. The first kappa shape index (κ1) is 18.8. The summed E-state index contributed by atoms with van der Waals surface area (Å²) in [6, 6.07) is 5.52. The molecular weight excluding hydrogens is 385 g/mol. The van der Waals surface area contributed by atoms with Crippen molar-refractivity contribution in [3.05, 3.63) is 35.4 Å². The van der Waals surface area contributed by atoms with Crippen LogP contribution in [-0.4, -0.2) is 42.1 Å². The summed E-state index contributed by atoms with van der Waals surface area (Å²) in [4.78, 5) is 25.9. The van der Waals surface area contributed by atoms with E-state index in [1.54, 1.807) is 12.1 Å². The minimum absolute atomic E-state index is 0.0542. The zero-order chi connectivity index (χ0) is 20.4. The van der Waals surface area contributed by atoms with Gasteiger partial charge in [-0.2, -0.15) is 13.2 Å². The zero-order valence-corrected chi connectivity index (χ0v) is 15.9. The Labute approximate surface area is 166 Å². The number of halogens is 3. The Morgan fingerprint density at radius 3 is 2.41 bits per heavy atom. The normalized spacial score (nSPS) is 32.7. The molecule has 8 heteroatoms. The van der Waals surface area contributed by atoms with Gasteiger partial charge in [0, 0.05) is 24.4 Å². The molecule has 2 saturated heterocycles. The smallest absolute Gasteiger partial charge is 0.416 e. The number of carbonyl (C=O) groups excluding carboxylic acids is 2. The van der Waals surface area contributed by atoms with Crippen molar-refractivity contribution in [1.82, 2.24) is 10.2 Å². The minimum atomic E-state index is -4.31. The van der Waals surface area contributed by atoms with Gasteiger partial charge in [0.25, 0.3) is 0 Å². The SMILES string of the molecule is O=C1N[C@]2(CO1)C[C@H](C(=O)N1CC3(CC[C@@H](c4ccc(C(F)(F)F)cc4)C3)C1)C2. The van der Waals surface area contributed by atoms with E-state index in [1.807, 2.05) is 4.90 Å². The number of rotatable bonds is 2. The molecule has 1 N–H and O–H groups in total. The average Bonchev–Trinajstić information content (AvgIpc) is 3.22. The highest BCUT2D eigenvalue weighted by Gasteiger charge is 2.56. The number of cyclic esters (lactones) is 1. The van der Waals surface area contributed by atoms with Gasteiger partial charge in [-0.15, -0.1) is 0 Å². The summed E-state index contributed by atoms with van der Waals surface area (Å²) in [6.07, 6.45) is -0.577. The van der Waals surface area contributed by atoms with E-state index < -0.39 is 17.8 Å². The van der Waals surface area contributed by atoms with E-state index in [9.17, 15) is 22.8 Å². The highest BCUT2D eigenvalue weighted by molar-refractivity contribution is 5.82. The fourth-order valence-corrected chi connectivity index (χ4v) is 5.67. The second-order valence-electron chi connectivity index (χ2n) is 9.34. The topological polar surface area (TPSA) is 58.6 Å². The first-order valence-electron chi connectivity index (χ1n) is 10.1. The van der Waals surface area contributed by atoms with Gasteiger partial charge in [0.2, 0.25) is 5.91 Å². The van der Waals surface area contributed by atoms with Gasteiger partial charge in [-0.05, 0) is 55.7 Å². The molecule has 1 atom stereocenters. The van der Waals surface area contributed by atoms with Gasteiger partial charge in [0.05, 0.1) is 11.1 Å². The number of carbonyl (C=O) groups is 2. The number of hydrogen-bond acceptors (Lipinski definition) is 3. The van der Waals surface area contributed by atoms with Crippen LogP contribution in [0.4, 0.5) is 18.0 Å². The Bertz CT molecular complexity index is 840. The number of nitrogens with zero attached hydrogens (tertiary/aromatic N) is 1. The van der Waals surface area contributed by atoms with Gasteiger partial charge < -0.3 is 15.0 Å². The van der Waals surface area contributed by atoms with Gasteiger partial charge in [0.1, 0.15) is 6.61 Å². The lowest BCUT2D eigenvalue weighted by atomic mass is 9.67. The molecule has 0 radical (unpaired) electrons. The Balaban J connectivity index is 1.14. The minimum Gasteiger partial charge on any atom is -0.447 e. The number of alkyl halides is 3. The number of hydrogen-bond donors (Lipinski definition) is 1. The molecule has 156 valence electrons. The highest BCUT2D eigenvalue weighted by Crippen LogP contribution is 2.53. The van der Waals surface area contributed by atoms with Crippen molar-refractivity contribution < 1.29 is 27.5 Å². The van der Waals surface area contributed by atoms with Crippen LogP contribution in [0.1, 0.15) is 49.1 Å². The number of amides is 2. The number of alkyl carbamates (subject to hydrolysis) is 1. The van der Waals surface area contributed by atoms with Crippen LogP contribution in [0, 0.1) is 11.3 Å². The van der Waals surface area contributed by atoms with Crippen LogP contribution in [0.25, 0.3) is 0 Å². The summed E-state index contributed by atoms with van der Waals surface area (Å²) < 4.78 is 43.2. The van der Waals surface area contributed by atoms with Gasteiger partial charge in [-0.25, -0.2) is 4.79 Å². The van der Waals surface area contributed by atoms with Crippen molar-refractivity contribution in [3.63, 3.8) is 0 Å². The second-order valence-corrected chi connectivity index (χ2v) is 9.34. The summed E-state index contributed by atoms with van der Waals surface area (Å²) >= 11 is 0. The third-order valence-electron chi connectivity index (χ3n) is 7.25. The molecule has 4 fully saturated rings. The van der Waals surface area contributed by atoms with Crippen molar-refractivity contribution in [3.8, 4) is 0 Å². The summed E-state index contributed by atoms with van der Waals surface area (Å²) in [5.41, 5.74) is 0.102. The lowest BCUT2D eigenvalue weighted by Crippen LogP contribution is -2.63. The van der Waals surface area contributed by atoms with Crippen LogP contribution in [-0.2, 0) is 15.7 Å². The molecular formula is C21H23F3N2O3. The molecule has 0 bridgehead atoms. The zero-order valence-electron chi connectivity index (χ0n) is 15.9. The fourth-order valence-electron chi connectivity index (χ4n) is 5.67. The van der Waals surface area contributed by atoms with Gasteiger partial charge in [-0.1, -0.05) is 12.1 Å². The Morgan fingerprint density at radius 2 is 1.83 bits per heavy atom. The first-order chi connectivity index (χ1) is 13.7. The van der Waals surface area contributed by atoms with Crippen LogP contribution in [0.15, 0.2) is 24.3 Å². The van der Waals surface area contributed by atoms with Gasteiger partial charge in [0.15, 0.2) is 0 Å². The molecule has 5 rings (SSSR count). The van der Waals surface area contributed by atoms with E-state index in [-0.39, 0.29) is 28.7 Å². The predicted octanol–water partition coefficient (Wildman–Crippen LogP) is 3.69. The molecule has 2 aliphatic heterocycles. The predicted molar refractivity (Wildman–Crippen MR) is 97.0 cm³/mol. The first-order valence-corrected chi connectivity index (χ1v) is 10.1. The molecule has 0 unspecified atom stereocenters. The Kier molecular flexibility index (Phi) is 3.96. The summed E-state index contributed by atoms with van der Waals surface area (Å²) in [5, 5.41) is 2.81. The second kappa shape index (κ2) is 6.12. The Morgan fingerprint density at radius 1 is 1.14 bits per heavy atom. The standard InChI is InChI=1S/C21H23F3N2O3/c22-21(23,24)16-3-1-13(2-4-16)14-5-6-19(7-14)10-26(11-19)17(27)15-8-20(9-15)12-29-18(28)25-20/h1-4,14-15H,5-12H2,(H,25,28)/t14-,15-,20+/m1/s1. The molecule has 1 aromatic rings. The number of benzene rings is 1. The molecule has 29 heavy (non-hydrogen) atoms. The van der Waals surface area contributed by atoms with Crippen molar-refractivity contribution in [1.29, 1.82) is 0 Å². The monoisotopic (exact) mass is 408 g/mol. The molecule has 1 aromatic carbocycles. The fraction of sp³-hybridized carbons (Fsp3) is 0.619. The quantitative estimate of drug-likeness (QED) is 0.812. The van der Waals surface area contributed by atoms with Gasteiger partial charge in [-0.3, -0.25) is 4.79 Å². The van der Waals surface area contributed by atoms with E-state index in [2.05, 4.69) is 5.32 Å². The average molecular weight is 408 g/mol. The number of ether oxygens (including phenoxy) is 1. The molecule has 2 aliphatic carbocycles. The van der Waals surface area contributed by atoms with E-state index in [1.165, 1.54) is 0 Å². The van der Waals surface area contributed by atoms with Crippen molar-refractivity contribution in [2.24, 2.45) is 11.3 Å². The van der Waals surface area contributed by atoms with Crippen LogP contribution in [0.3, 0.4) is 0 Å². The van der Waals surface area contributed by atoms with Crippen LogP contribution >= 0.6 is 0 Å². The summed E-state index contributed by atoms with van der Waals surface area (Å²) in [7, 11) is 0. The van der Waals surface area contributed by atoms with Crippen molar-refractivity contribution >= 4 is 12.0 Å². The maximum Gasteiger partial charge on any atom is 0.416 e. The highest BCUT2D eigenvalue weighted by atomic mass is 19.4. The summed E-state index contributed by atoms with van der Waals surface area (Å²) in [5.74, 6) is 0.356. The Hall–Kier alpha value is -2.25. The lowest BCUT2D eigenvalue weighted by Gasteiger charge is -2.52. The summed E-state index contributed by atoms with van der Waals surface area (Å²) in [6.45, 7) is 1.80. The third kappa shape index (κ3) is 3.16. The van der Waals surface area contributed by atoms with E-state index in [0.29, 0.717) is 19.4 Å². The number of likely N-dealkylation sites (tertiary alicyclic amines) is 1. The van der Waals surface area contributed by atoms with Gasteiger partial charge >= 0.3 is 12.3 Å². The number of nitrogens with one attached hydrogen (secondary N) is 1. The third-order valence-corrected chi connectivity index (χ3v) is 7.25. The van der Waals surface area contributed by atoms with E-state index in [4.69, 9.17) is 4.74 Å². The largest absolute Gasteiger partial charge is 0.447 e. The van der Waals surface area contributed by atoms with Crippen LogP contribution < -0.4 is 5.32 Å². The molecule has 2 spiro atoms. The van der Waals surface area contributed by atoms with E-state index >= 15 is 0 Å². The molecule has 0 aromatic heterocycles. The molecule has 2 amide bonds. The van der Waals surface area contributed by atoms with Crippen LogP contribution in [0.5, 0.6) is 0 Å². The lowest BCUT2D eigenvalue weighted by molar-refractivity contribution is -0.153. The molecule has 5 nitrogen and oxygen atoms in total. The van der Waals surface area contributed by atoms with Crippen molar-refractivity contribution in [2.45, 2.75) is 49.7 Å². The van der Waals surface area contributed by atoms with Crippen molar-refractivity contribution in [2.75, 3.05) is 19.7 Å². The van der Waals surface area contributed by atoms with E-state index in [0.717, 1.165) is 50.0 Å². The molecule has 2 heterocycles. The maximum atomic E-state index is 12.8. The molecule has 4 aliphatic rings.